The molecule has 3 amide bonds. The first kappa shape index (κ1) is 21.3. The second kappa shape index (κ2) is 9.08. The van der Waals surface area contributed by atoms with Gasteiger partial charge in [0, 0.05) is 69.2 Å². The summed E-state index contributed by atoms with van der Waals surface area (Å²) in [5.74, 6) is 1.69. The molecule has 1 fully saturated rings. The highest BCUT2D eigenvalue weighted by atomic mass is 16.5. The summed E-state index contributed by atoms with van der Waals surface area (Å²) in [6.07, 6.45) is 3.52. The van der Waals surface area contributed by atoms with Crippen LogP contribution in [0.3, 0.4) is 0 Å². The molecule has 0 radical (unpaired) electrons. The fourth-order valence-corrected chi connectivity index (χ4v) is 3.65. The summed E-state index contributed by atoms with van der Waals surface area (Å²) in [7, 11) is 1.59. The van der Waals surface area contributed by atoms with Gasteiger partial charge in [-0.05, 0) is 13.0 Å². The first-order chi connectivity index (χ1) is 15.5. The van der Waals surface area contributed by atoms with Crippen molar-refractivity contribution in [3.8, 4) is 16.9 Å². The number of piperazine rings is 1. The van der Waals surface area contributed by atoms with Crippen molar-refractivity contribution in [2.45, 2.75) is 13.8 Å². The van der Waals surface area contributed by atoms with E-state index in [9.17, 15) is 9.59 Å². The predicted octanol–water partition coefficient (Wildman–Crippen LogP) is 1.84. The fraction of sp³-hybridized carbons (Fsp3) is 0.381. The SMILES string of the molecule is CCNC(=O)Nc1nc2cc(OC)c(-c3cnc(N4CCN(C(C)=O)CC4)nc3)cc2[nH]1. The van der Waals surface area contributed by atoms with Crippen LogP contribution in [0.5, 0.6) is 5.75 Å². The molecule has 0 aliphatic carbocycles. The number of rotatable bonds is 5. The Bertz CT molecular complexity index is 1120. The van der Waals surface area contributed by atoms with Crippen LogP contribution in [0.2, 0.25) is 0 Å². The fourth-order valence-electron chi connectivity index (χ4n) is 3.65. The van der Waals surface area contributed by atoms with E-state index in [2.05, 4.69) is 35.5 Å². The summed E-state index contributed by atoms with van der Waals surface area (Å²) in [5.41, 5.74) is 3.01. The molecule has 11 heteroatoms. The highest BCUT2D eigenvalue weighted by molar-refractivity contribution is 5.92. The predicted molar refractivity (Wildman–Crippen MR) is 121 cm³/mol. The minimum absolute atomic E-state index is 0.0894. The number of H-pyrrole nitrogens is 1. The number of anilines is 2. The number of imidazole rings is 1. The molecule has 11 nitrogen and oxygen atoms in total. The molecule has 1 aliphatic rings. The third-order valence-electron chi connectivity index (χ3n) is 5.33. The van der Waals surface area contributed by atoms with Crippen LogP contribution < -0.4 is 20.3 Å². The summed E-state index contributed by atoms with van der Waals surface area (Å²) in [5, 5.41) is 5.33. The normalized spacial score (nSPS) is 13.8. The van der Waals surface area contributed by atoms with Crippen molar-refractivity contribution in [2.75, 3.05) is 50.1 Å². The van der Waals surface area contributed by atoms with Crippen LogP contribution in [0, 0.1) is 0 Å². The number of carbonyl (C=O) groups is 2. The Morgan fingerprint density at radius 3 is 2.50 bits per heavy atom. The molecule has 32 heavy (non-hydrogen) atoms. The van der Waals surface area contributed by atoms with Crippen LogP contribution in [0.4, 0.5) is 16.7 Å². The quantitative estimate of drug-likeness (QED) is 0.554. The number of hydrogen-bond acceptors (Lipinski definition) is 7. The van der Waals surface area contributed by atoms with Crippen molar-refractivity contribution >= 4 is 34.9 Å². The van der Waals surface area contributed by atoms with Crippen molar-refractivity contribution in [1.82, 2.24) is 30.2 Å². The Morgan fingerprint density at radius 1 is 1.16 bits per heavy atom. The zero-order chi connectivity index (χ0) is 22.7. The Hall–Kier alpha value is -3.89. The molecule has 3 N–H and O–H groups in total. The van der Waals surface area contributed by atoms with E-state index in [4.69, 9.17) is 4.74 Å². The summed E-state index contributed by atoms with van der Waals surface area (Å²) < 4.78 is 5.56. The van der Waals surface area contributed by atoms with Crippen molar-refractivity contribution < 1.29 is 14.3 Å². The minimum atomic E-state index is -0.327. The maximum atomic E-state index is 11.8. The van der Waals surface area contributed by atoms with Gasteiger partial charge in [0.25, 0.3) is 0 Å². The largest absolute Gasteiger partial charge is 0.496 e. The molecule has 0 spiro atoms. The third kappa shape index (κ3) is 4.41. The number of aromatic nitrogens is 4. The number of fused-ring (bicyclic) bond motifs is 1. The van der Waals surface area contributed by atoms with Crippen molar-refractivity contribution in [1.29, 1.82) is 0 Å². The van der Waals surface area contributed by atoms with Gasteiger partial charge in [-0.1, -0.05) is 0 Å². The number of methoxy groups -OCH3 is 1. The second-order valence-electron chi connectivity index (χ2n) is 7.40. The Balaban J connectivity index is 1.55. The molecule has 4 rings (SSSR count). The molecular formula is C21H26N8O3. The lowest BCUT2D eigenvalue weighted by Gasteiger charge is -2.34. The number of aromatic amines is 1. The molecule has 0 bridgehead atoms. The number of benzene rings is 1. The molecule has 1 aliphatic heterocycles. The molecule has 1 saturated heterocycles. The maximum absolute atomic E-state index is 11.8. The number of nitrogens with zero attached hydrogens (tertiary/aromatic N) is 5. The van der Waals surface area contributed by atoms with Gasteiger partial charge in [0.1, 0.15) is 5.75 Å². The van der Waals surface area contributed by atoms with Crippen LogP contribution in [-0.2, 0) is 4.79 Å². The number of nitrogens with one attached hydrogen (secondary N) is 3. The third-order valence-corrected chi connectivity index (χ3v) is 5.33. The second-order valence-corrected chi connectivity index (χ2v) is 7.40. The summed E-state index contributed by atoms with van der Waals surface area (Å²) in [6, 6.07) is 3.37. The monoisotopic (exact) mass is 438 g/mol. The van der Waals surface area contributed by atoms with Gasteiger partial charge in [-0.25, -0.2) is 19.7 Å². The van der Waals surface area contributed by atoms with Gasteiger partial charge in [-0.3, -0.25) is 10.1 Å². The van der Waals surface area contributed by atoms with E-state index in [0.29, 0.717) is 55.9 Å². The minimum Gasteiger partial charge on any atom is -0.496 e. The van der Waals surface area contributed by atoms with Crippen LogP contribution in [0.15, 0.2) is 24.5 Å². The molecular weight excluding hydrogens is 412 g/mol. The molecule has 3 aromatic rings. The van der Waals surface area contributed by atoms with E-state index in [0.717, 1.165) is 16.6 Å². The van der Waals surface area contributed by atoms with E-state index in [1.54, 1.807) is 32.5 Å². The van der Waals surface area contributed by atoms with Crippen LogP contribution in [-0.4, -0.2) is 76.6 Å². The first-order valence-electron chi connectivity index (χ1n) is 10.4. The molecule has 0 saturated carbocycles. The number of urea groups is 1. The van der Waals surface area contributed by atoms with E-state index >= 15 is 0 Å². The van der Waals surface area contributed by atoms with E-state index in [1.165, 1.54) is 0 Å². The van der Waals surface area contributed by atoms with Crippen LogP contribution >= 0.6 is 0 Å². The van der Waals surface area contributed by atoms with Crippen molar-refractivity contribution in [2.24, 2.45) is 0 Å². The molecule has 3 heterocycles. The molecule has 0 atom stereocenters. The van der Waals surface area contributed by atoms with Crippen molar-refractivity contribution in [3.63, 3.8) is 0 Å². The lowest BCUT2D eigenvalue weighted by molar-refractivity contribution is -0.129. The summed E-state index contributed by atoms with van der Waals surface area (Å²) >= 11 is 0. The topological polar surface area (TPSA) is 128 Å². The molecule has 168 valence electrons. The average molecular weight is 438 g/mol. The van der Waals surface area contributed by atoms with Gasteiger partial charge >= 0.3 is 6.03 Å². The number of carbonyl (C=O) groups excluding carboxylic acids is 2. The van der Waals surface area contributed by atoms with E-state index < -0.39 is 0 Å². The highest BCUT2D eigenvalue weighted by Crippen LogP contribution is 2.33. The Morgan fingerprint density at radius 2 is 1.88 bits per heavy atom. The van der Waals surface area contributed by atoms with Crippen LogP contribution in [0.25, 0.3) is 22.2 Å². The van der Waals surface area contributed by atoms with Gasteiger partial charge in [0.15, 0.2) is 0 Å². The number of amides is 3. The Labute approximate surface area is 185 Å². The molecule has 0 unspecified atom stereocenters. The molecule has 2 aromatic heterocycles. The summed E-state index contributed by atoms with van der Waals surface area (Å²) in [4.78, 5) is 43.7. The first-order valence-corrected chi connectivity index (χ1v) is 10.4. The van der Waals surface area contributed by atoms with Gasteiger partial charge in [-0.15, -0.1) is 0 Å². The standard InChI is InChI=1S/C21H26N8O3/c1-4-22-21(31)27-19-25-16-9-15(18(32-3)10-17(16)26-19)14-11-23-20(24-12-14)29-7-5-28(6-8-29)13(2)30/h9-12H,4-8H2,1-3H3,(H3,22,25,26,27,31). The van der Waals surface area contributed by atoms with Gasteiger partial charge in [0.2, 0.25) is 17.8 Å². The lowest BCUT2D eigenvalue weighted by Crippen LogP contribution is -2.48. The smallest absolute Gasteiger partial charge is 0.321 e. The van der Waals surface area contributed by atoms with Gasteiger partial charge in [0.05, 0.1) is 18.1 Å². The Kier molecular flexibility index (Phi) is 6.06. The average Bonchev–Trinajstić information content (AvgIpc) is 3.19. The zero-order valence-corrected chi connectivity index (χ0v) is 18.3. The molecule has 1 aromatic carbocycles. The van der Waals surface area contributed by atoms with Crippen LogP contribution in [0.1, 0.15) is 13.8 Å². The van der Waals surface area contributed by atoms with E-state index in [-0.39, 0.29) is 11.9 Å². The highest BCUT2D eigenvalue weighted by Gasteiger charge is 2.21. The number of ether oxygens (including phenoxy) is 1. The van der Waals surface area contributed by atoms with E-state index in [1.807, 2.05) is 17.9 Å². The van der Waals surface area contributed by atoms with Gasteiger partial charge < -0.3 is 24.8 Å². The summed E-state index contributed by atoms with van der Waals surface area (Å²) in [6.45, 7) is 6.67. The maximum Gasteiger partial charge on any atom is 0.321 e. The van der Waals surface area contributed by atoms with Crippen molar-refractivity contribution in [3.05, 3.63) is 24.5 Å². The lowest BCUT2D eigenvalue weighted by atomic mass is 10.1. The van der Waals surface area contributed by atoms with Gasteiger partial charge in [-0.2, -0.15) is 0 Å². The zero-order valence-electron chi connectivity index (χ0n) is 18.3. The number of hydrogen-bond donors (Lipinski definition) is 3.